The van der Waals surface area contributed by atoms with Crippen molar-refractivity contribution in [3.05, 3.63) is 71.4 Å². The molecule has 0 radical (unpaired) electrons. The number of benzene rings is 2. The second-order valence-corrected chi connectivity index (χ2v) is 7.75. The number of nitrogens with zero attached hydrogens (tertiary/aromatic N) is 2. The lowest BCUT2D eigenvalue weighted by atomic mass is 9.93. The van der Waals surface area contributed by atoms with Crippen LogP contribution in [0.15, 0.2) is 54.6 Å². The molecule has 1 aliphatic heterocycles. The van der Waals surface area contributed by atoms with Gasteiger partial charge in [-0.25, -0.2) is 0 Å². The van der Waals surface area contributed by atoms with E-state index >= 15 is 0 Å². The SMILES string of the molecule is COc1ccc(C2c3c(-c4ccccc4)n[nH]c3C(=O)N2C(C)(C)C)cc1. The molecule has 3 aromatic rings. The Balaban J connectivity index is 1.91. The van der Waals surface area contributed by atoms with E-state index in [1.54, 1.807) is 7.11 Å². The molecule has 1 atom stereocenters. The fraction of sp³-hybridized carbons (Fsp3) is 0.273. The Morgan fingerprint density at radius 2 is 1.70 bits per heavy atom. The average Bonchev–Trinajstić information content (AvgIpc) is 3.21. The summed E-state index contributed by atoms with van der Waals surface area (Å²) >= 11 is 0. The zero-order chi connectivity index (χ0) is 19.2. The van der Waals surface area contributed by atoms with Crippen LogP contribution in [-0.4, -0.2) is 33.7 Å². The van der Waals surface area contributed by atoms with Crippen LogP contribution in [0.2, 0.25) is 0 Å². The molecular weight excluding hydrogens is 338 g/mol. The molecule has 1 aromatic heterocycles. The van der Waals surface area contributed by atoms with Crippen LogP contribution in [-0.2, 0) is 0 Å². The highest BCUT2D eigenvalue weighted by Crippen LogP contribution is 2.45. The largest absolute Gasteiger partial charge is 0.497 e. The van der Waals surface area contributed by atoms with E-state index in [9.17, 15) is 4.79 Å². The number of methoxy groups -OCH3 is 1. The van der Waals surface area contributed by atoms with Crippen LogP contribution in [0.5, 0.6) is 5.75 Å². The van der Waals surface area contributed by atoms with Gasteiger partial charge >= 0.3 is 0 Å². The standard InChI is InChI=1S/C22H23N3O2/c1-22(2,3)25-20(15-10-12-16(27-4)13-11-15)17-18(14-8-6-5-7-9-14)23-24-19(17)21(25)26/h5-13,20H,1-4H3,(H,23,24). The van der Waals surface area contributed by atoms with Crippen molar-refractivity contribution in [2.45, 2.75) is 32.4 Å². The monoisotopic (exact) mass is 361 g/mol. The Bertz CT molecular complexity index is 969. The summed E-state index contributed by atoms with van der Waals surface area (Å²) in [6.07, 6.45) is 0. The molecule has 1 N–H and O–H groups in total. The first-order valence-electron chi connectivity index (χ1n) is 9.03. The first-order valence-corrected chi connectivity index (χ1v) is 9.03. The molecule has 1 unspecified atom stereocenters. The van der Waals surface area contributed by atoms with Crippen molar-refractivity contribution in [2.75, 3.05) is 7.11 Å². The summed E-state index contributed by atoms with van der Waals surface area (Å²) in [6, 6.07) is 17.7. The predicted molar refractivity (Wildman–Crippen MR) is 105 cm³/mol. The van der Waals surface area contributed by atoms with Crippen molar-refractivity contribution < 1.29 is 9.53 Å². The first-order chi connectivity index (χ1) is 12.9. The van der Waals surface area contributed by atoms with Crippen molar-refractivity contribution in [3.8, 4) is 17.0 Å². The molecule has 0 spiro atoms. The lowest BCUT2D eigenvalue weighted by Gasteiger charge is -2.37. The first kappa shape index (κ1) is 17.3. The van der Waals surface area contributed by atoms with Crippen LogP contribution in [0, 0.1) is 0 Å². The van der Waals surface area contributed by atoms with Gasteiger partial charge in [0.15, 0.2) is 0 Å². The molecule has 2 aromatic carbocycles. The predicted octanol–water partition coefficient (Wildman–Crippen LogP) is 4.43. The minimum atomic E-state index is -0.338. The van der Waals surface area contributed by atoms with Crippen molar-refractivity contribution in [1.82, 2.24) is 15.1 Å². The lowest BCUT2D eigenvalue weighted by molar-refractivity contribution is 0.0546. The Hall–Kier alpha value is -3.08. The Labute approximate surface area is 159 Å². The molecule has 1 aliphatic rings. The van der Waals surface area contributed by atoms with Gasteiger partial charge in [-0.2, -0.15) is 5.10 Å². The number of carbonyl (C=O) groups is 1. The maximum atomic E-state index is 13.2. The summed E-state index contributed by atoms with van der Waals surface area (Å²) in [5, 5.41) is 7.48. The van der Waals surface area contributed by atoms with E-state index < -0.39 is 0 Å². The number of carbonyl (C=O) groups excluding carboxylic acids is 1. The molecule has 0 saturated carbocycles. The van der Waals surface area contributed by atoms with E-state index in [0.717, 1.165) is 28.1 Å². The summed E-state index contributed by atoms with van der Waals surface area (Å²) < 4.78 is 5.30. The Kier molecular flexibility index (Phi) is 4.02. The van der Waals surface area contributed by atoms with Crippen molar-refractivity contribution in [1.29, 1.82) is 0 Å². The van der Waals surface area contributed by atoms with Crippen LogP contribution >= 0.6 is 0 Å². The van der Waals surface area contributed by atoms with Gasteiger partial charge in [0, 0.05) is 16.7 Å². The van der Waals surface area contributed by atoms with Crippen LogP contribution in [0.1, 0.15) is 48.4 Å². The summed E-state index contributed by atoms with van der Waals surface area (Å²) in [7, 11) is 1.65. The quantitative estimate of drug-likeness (QED) is 0.751. The van der Waals surface area contributed by atoms with Gasteiger partial charge in [-0.1, -0.05) is 42.5 Å². The van der Waals surface area contributed by atoms with Gasteiger partial charge in [0.25, 0.3) is 5.91 Å². The molecule has 4 rings (SSSR count). The summed E-state index contributed by atoms with van der Waals surface area (Å²) in [6.45, 7) is 6.18. The third-order valence-corrected chi connectivity index (χ3v) is 4.97. The van der Waals surface area contributed by atoms with Gasteiger partial charge in [0.2, 0.25) is 0 Å². The van der Waals surface area contributed by atoms with E-state index in [1.807, 2.05) is 59.5 Å². The maximum Gasteiger partial charge on any atom is 0.273 e. The fourth-order valence-corrected chi connectivity index (χ4v) is 3.76. The maximum absolute atomic E-state index is 13.2. The van der Waals surface area contributed by atoms with Crippen molar-refractivity contribution in [2.24, 2.45) is 0 Å². The second-order valence-electron chi connectivity index (χ2n) is 7.75. The number of amides is 1. The van der Waals surface area contributed by atoms with E-state index in [-0.39, 0.29) is 17.5 Å². The molecule has 0 fully saturated rings. The molecule has 0 bridgehead atoms. The van der Waals surface area contributed by atoms with Gasteiger partial charge in [-0.05, 0) is 38.5 Å². The van der Waals surface area contributed by atoms with Gasteiger partial charge in [0.1, 0.15) is 11.4 Å². The Morgan fingerprint density at radius 3 is 2.30 bits per heavy atom. The van der Waals surface area contributed by atoms with Gasteiger partial charge in [0.05, 0.1) is 18.8 Å². The zero-order valence-electron chi connectivity index (χ0n) is 16.0. The number of rotatable bonds is 3. The molecular formula is C22H23N3O2. The average molecular weight is 361 g/mol. The molecule has 0 aliphatic carbocycles. The number of nitrogens with one attached hydrogen (secondary N) is 1. The molecule has 27 heavy (non-hydrogen) atoms. The molecule has 5 heteroatoms. The fourth-order valence-electron chi connectivity index (χ4n) is 3.76. The number of H-pyrrole nitrogens is 1. The molecule has 0 saturated heterocycles. The highest BCUT2D eigenvalue weighted by molar-refractivity contribution is 6.00. The van der Waals surface area contributed by atoms with E-state index in [1.165, 1.54) is 0 Å². The minimum absolute atomic E-state index is 0.0204. The number of aromatic amines is 1. The number of hydrogen-bond donors (Lipinski definition) is 1. The highest BCUT2D eigenvalue weighted by atomic mass is 16.5. The normalized spacial score (nSPS) is 16.5. The van der Waals surface area contributed by atoms with Crippen molar-refractivity contribution >= 4 is 5.91 Å². The molecule has 2 heterocycles. The van der Waals surface area contributed by atoms with E-state index in [0.29, 0.717) is 5.69 Å². The number of ether oxygens (including phenoxy) is 1. The number of fused-ring (bicyclic) bond motifs is 1. The zero-order valence-corrected chi connectivity index (χ0v) is 16.0. The molecule has 5 nitrogen and oxygen atoms in total. The third kappa shape index (κ3) is 2.79. The molecule has 138 valence electrons. The third-order valence-electron chi connectivity index (χ3n) is 4.97. The number of aromatic nitrogens is 2. The van der Waals surface area contributed by atoms with Gasteiger partial charge in [-0.15, -0.1) is 0 Å². The highest BCUT2D eigenvalue weighted by Gasteiger charge is 2.46. The Morgan fingerprint density at radius 1 is 1.04 bits per heavy atom. The van der Waals surface area contributed by atoms with Gasteiger partial charge in [-0.3, -0.25) is 9.89 Å². The molecule has 1 amide bonds. The summed E-state index contributed by atoms with van der Waals surface area (Å²) in [5.41, 5.74) is 4.03. The summed E-state index contributed by atoms with van der Waals surface area (Å²) in [5.74, 6) is 0.772. The van der Waals surface area contributed by atoms with Crippen LogP contribution < -0.4 is 4.74 Å². The lowest BCUT2D eigenvalue weighted by Crippen LogP contribution is -2.44. The van der Waals surface area contributed by atoms with E-state index in [2.05, 4.69) is 31.0 Å². The smallest absolute Gasteiger partial charge is 0.273 e. The minimum Gasteiger partial charge on any atom is -0.497 e. The van der Waals surface area contributed by atoms with Gasteiger partial charge < -0.3 is 9.64 Å². The van der Waals surface area contributed by atoms with Crippen LogP contribution in [0.25, 0.3) is 11.3 Å². The topological polar surface area (TPSA) is 58.2 Å². The van der Waals surface area contributed by atoms with Crippen LogP contribution in [0.3, 0.4) is 0 Å². The number of hydrogen-bond acceptors (Lipinski definition) is 3. The van der Waals surface area contributed by atoms with E-state index in [4.69, 9.17) is 4.74 Å². The van der Waals surface area contributed by atoms with Crippen molar-refractivity contribution in [3.63, 3.8) is 0 Å². The van der Waals surface area contributed by atoms with Crippen LogP contribution in [0.4, 0.5) is 0 Å². The summed E-state index contributed by atoms with van der Waals surface area (Å²) in [4.78, 5) is 15.2. The second kappa shape index (κ2) is 6.27.